The number of rotatable bonds is 3. The minimum Gasteiger partial charge on any atom is -0.443 e. The Bertz CT molecular complexity index is 746. The van der Waals surface area contributed by atoms with Crippen molar-refractivity contribution >= 4 is 6.09 Å². The number of aromatic nitrogens is 1. The third-order valence-corrected chi connectivity index (χ3v) is 4.21. The van der Waals surface area contributed by atoms with Gasteiger partial charge in [0.05, 0.1) is 6.54 Å². The van der Waals surface area contributed by atoms with Gasteiger partial charge in [-0.15, -0.1) is 0 Å². The Hall–Kier alpha value is -2.41. The lowest BCUT2D eigenvalue weighted by Crippen LogP contribution is -2.37. The second-order valence-corrected chi connectivity index (χ2v) is 5.84. The van der Waals surface area contributed by atoms with Gasteiger partial charge in [0.15, 0.2) is 0 Å². The summed E-state index contributed by atoms with van der Waals surface area (Å²) >= 11 is 0. The van der Waals surface area contributed by atoms with Crippen molar-refractivity contribution in [1.29, 1.82) is 0 Å². The molecule has 0 saturated carbocycles. The second kappa shape index (κ2) is 5.66. The number of nitrogens with zero attached hydrogens (tertiary/aromatic N) is 2. The Morgan fingerprint density at radius 1 is 1.43 bits per heavy atom. The maximum Gasteiger partial charge on any atom is 0.407 e. The minimum absolute atomic E-state index is 0.137. The maximum atomic E-state index is 13.5. The number of amides is 1. The molecule has 0 unspecified atom stereocenters. The number of halogens is 1. The summed E-state index contributed by atoms with van der Waals surface area (Å²) in [7, 11) is 0. The van der Waals surface area contributed by atoms with Crippen molar-refractivity contribution in [3.8, 4) is 11.3 Å². The fourth-order valence-electron chi connectivity index (χ4n) is 3.11. The van der Waals surface area contributed by atoms with Crippen LogP contribution in [0.1, 0.15) is 11.3 Å². The summed E-state index contributed by atoms with van der Waals surface area (Å²) in [4.78, 5) is 13.3. The predicted octanol–water partition coefficient (Wildman–Crippen LogP) is 1.95. The molecule has 1 fully saturated rings. The first-order valence-corrected chi connectivity index (χ1v) is 7.59. The lowest BCUT2D eigenvalue weighted by atomic mass is 10.0. The smallest absolute Gasteiger partial charge is 0.407 e. The van der Waals surface area contributed by atoms with Crippen molar-refractivity contribution in [2.24, 2.45) is 0 Å². The molecule has 2 aliphatic heterocycles. The molecule has 0 bridgehead atoms. The van der Waals surface area contributed by atoms with E-state index in [1.54, 1.807) is 6.07 Å². The van der Waals surface area contributed by atoms with E-state index in [1.165, 1.54) is 12.1 Å². The monoisotopic (exact) mass is 317 g/mol. The molecule has 4 rings (SSSR count). The molecule has 1 saturated heterocycles. The van der Waals surface area contributed by atoms with Gasteiger partial charge in [-0.3, -0.25) is 4.90 Å². The molecule has 6 nitrogen and oxygen atoms in total. The van der Waals surface area contributed by atoms with Crippen molar-refractivity contribution in [1.82, 2.24) is 15.4 Å². The molecule has 2 aliphatic rings. The van der Waals surface area contributed by atoms with Gasteiger partial charge in [0.2, 0.25) is 0 Å². The molecule has 0 spiro atoms. The van der Waals surface area contributed by atoms with Crippen LogP contribution in [-0.2, 0) is 17.7 Å². The molecule has 7 heteroatoms. The normalized spacial score (nSPS) is 20.9. The Labute approximate surface area is 132 Å². The first kappa shape index (κ1) is 14.2. The van der Waals surface area contributed by atoms with Crippen molar-refractivity contribution in [3.63, 3.8) is 0 Å². The van der Waals surface area contributed by atoms with Crippen molar-refractivity contribution in [2.75, 3.05) is 19.6 Å². The van der Waals surface area contributed by atoms with Crippen LogP contribution < -0.4 is 5.32 Å². The van der Waals surface area contributed by atoms with Crippen LogP contribution in [0, 0.1) is 5.82 Å². The summed E-state index contributed by atoms with van der Waals surface area (Å²) < 4.78 is 24.1. The van der Waals surface area contributed by atoms with Crippen LogP contribution in [0.4, 0.5) is 9.18 Å². The van der Waals surface area contributed by atoms with E-state index in [1.807, 2.05) is 6.07 Å². The molecule has 1 N–H and O–H groups in total. The molecular formula is C16H16FN3O3. The molecule has 1 aromatic heterocycles. The molecule has 23 heavy (non-hydrogen) atoms. The van der Waals surface area contributed by atoms with E-state index in [2.05, 4.69) is 15.4 Å². The van der Waals surface area contributed by atoms with Gasteiger partial charge in [-0.1, -0.05) is 17.3 Å². The van der Waals surface area contributed by atoms with E-state index < -0.39 is 0 Å². The number of hydrogen-bond acceptors (Lipinski definition) is 5. The van der Waals surface area contributed by atoms with Gasteiger partial charge in [0.1, 0.15) is 23.4 Å². The van der Waals surface area contributed by atoms with Crippen LogP contribution in [0.3, 0.4) is 0 Å². The van der Waals surface area contributed by atoms with Crippen LogP contribution in [0.5, 0.6) is 0 Å². The van der Waals surface area contributed by atoms with Gasteiger partial charge >= 0.3 is 6.09 Å². The molecule has 1 atom stereocenters. The van der Waals surface area contributed by atoms with E-state index in [0.717, 1.165) is 24.3 Å². The SMILES string of the molecule is O=C1NC[C@@H](CN2CCc3onc(-c4cccc(F)c4)c3C2)O1. The number of ether oxygens (including phenoxy) is 1. The van der Waals surface area contributed by atoms with E-state index >= 15 is 0 Å². The summed E-state index contributed by atoms with van der Waals surface area (Å²) in [5, 5.41) is 6.78. The molecule has 3 heterocycles. The molecule has 1 amide bonds. The number of benzene rings is 1. The molecule has 2 aromatic rings. The lowest BCUT2D eigenvalue weighted by Gasteiger charge is -2.27. The largest absolute Gasteiger partial charge is 0.443 e. The standard InChI is InChI=1S/C16H16FN3O3/c17-11-3-1-2-10(6-11)15-13-9-20(5-4-14(13)23-19-15)8-12-7-18-16(21)22-12/h1-3,6,12H,4-5,7-9H2,(H,18,21)/t12-/m0/s1. The van der Waals surface area contributed by atoms with E-state index in [4.69, 9.17) is 9.26 Å². The topological polar surface area (TPSA) is 67.6 Å². The van der Waals surface area contributed by atoms with Crippen LogP contribution >= 0.6 is 0 Å². The predicted molar refractivity (Wildman–Crippen MR) is 79.1 cm³/mol. The summed E-state index contributed by atoms with van der Waals surface area (Å²) in [6.45, 7) is 2.66. The number of carbonyl (C=O) groups excluding carboxylic acids is 1. The van der Waals surface area contributed by atoms with Crippen LogP contribution in [0.15, 0.2) is 28.8 Å². The minimum atomic E-state index is -0.363. The average molecular weight is 317 g/mol. The Morgan fingerprint density at radius 2 is 2.35 bits per heavy atom. The number of nitrogens with one attached hydrogen (secondary N) is 1. The lowest BCUT2D eigenvalue weighted by molar-refractivity contribution is 0.102. The quantitative estimate of drug-likeness (QED) is 0.937. The number of fused-ring (bicyclic) bond motifs is 1. The van der Waals surface area contributed by atoms with Gasteiger partial charge in [-0.25, -0.2) is 9.18 Å². The molecule has 0 aliphatic carbocycles. The van der Waals surface area contributed by atoms with E-state index in [-0.39, 0.29) is 18.0 Å². The number of alkyl carbamates (subject to hydrolysis) is 1. The van der Waals surface area contributed by atoms with Gasteiger partial charge in [-0.05, 0) is 12.1 Å². The average Bonchev–Trinajstić information content (AvgIpc) is 3.13. The third kappa shape index (κ3) is 2.79. The van der Waals surface area contributed by atoms with Crippen LogP contribution in [0.2, 0.25) is 0 Å². The van der Waals surface area contributed by atoms with Crippen LogP contribution in [-0.4, -0.2) is 41.9 Å². The highest BCUT2D eigenvalue weighted by atomic mass is 19.1. The van der Waals surface area contributed by atoms with Gasteiger partial charge in [0.25, 0.3) is 0 Å². The highest BCUT2D eigenvalue weighted by molar-refractivity contribution is 5.69. The first-order valence-electron chi connectivity index (χ1n) is 7.59. The number of hydrogen-bond donors (Lipinski definition) is 1. The fraction of sp³-hybridized carbons (Fsp3) is 0.375. The highest BCUT2D eigenvalue weighted by Crippen LogP contribution is 2.30. The summed E-state index contributed by atoms with van der Waals surface area (Å²) in [5.41, 5.74) is 2.38. The summed E-state index contributed by atoms with van der Waals surface area (Å²) in [6.07, 6.45) is 0.241. The zero-order chi connectivity index (χ0) is 15.8. The molecule has 0 radical (unpaired) electrons. The van der Waals surface area contributed by atoms with Gasteiger partial charge in [-0.2, -0.15) is 0 Å². The first-order chi connectivity index (χ1) is 11.2. The zero-order valence-electron chi connectivity index (χ0n) is 12.4. The van der Waals surface area contributed by atoms with Crippen molar-refractivity contribution in [3.05, 3.63) is 41.4 Å². The van der Waals surface area contributed by atoms with Gasteiger partial charge < -0.3 is 14.6 Å². The number of cyclic esters (lactones) is 1. The second-order valence-electron chi connectivity index (χ2n) is 5.84. The molecule has 120 valence electrons. The zero-order valence-corrected chi connectivity index (χ0v) is 12.4. The maximum absolute atomic E-state index is 13.5. The summed E-state index contributed by atoms with van der Waals surface area (Å²) in [6, 6.07) is 6.35. The Balaban J connectivity index is 1.54. The van der Waals surface area contributed by atoms with Crippen molar-refractivity contribution in [2.45, 2.75) is 19.1 Å². The summed E-state index contributed by atoms with van der Waals surface area (Å²) in [5.74, 6) is 0.554. The Morgan fingerprint density at radius 3 is 3.13 bits per heavy atom. The third-order valence-electron chi connectivity index (χ3n) is 4.21. The van der Waals surface area contributed by atoms with E-state index in [9.17, 15) is 9.18 Å². The Kier molecular flexibility index (Phi) is 3.49. The van der Waals surface area contributed by atoms with E-state index in [0.29, 0.717) is 30.9 Å². The van der Waals surface area contributed by atoms with Crippen LogP contribution in [0.25, 0.3) is 11.3 Å². The number of carbonyl (C=O) groups is 1. The van der Waals surface area contributed by atoms with Gasteiger partial charge in [0, 0.05) is 37.2 Å². The highest BCUT2D eigenvalue weighted by Gasteiger charge is 2.29. The fourth-order valence-corrected chi connectivity index (χ4v) is 3.11. The molecular weight excluding hydrogens is 301 g/mol. The molecule has 1 aromatic carbocycles. The van der Waals surface area contributed by atoms with Crippen molar-refractivity contribution < 1.29 is 18.4 Å².